The number of likely N-dealkylation sites (N-methyl/N-ethyl adjacent to an activating group) is 2. The van der Waals surface area contributed by atoms with Crippen LogP contribution < -0.4 is 0 Å². The van der Waals surface area contributed by atoms with Gasteiger partial charge in [0.25, 0.3) is 6.02 Å². The van der Waals surface area contributed by atoms with Crippen molar-refractivity contribution in [2.75, 3.05) is 34.8 Å². The molecule has 54 heavy (non-hydrogen) atoms. The third-order valence-corrected chi connectivity index (χ3v) is 12.8. The molecule has 0 aromatic carbocycles. The lowest BCUT2D eigenvalue weighted by atomic mass is 9.77. The van der Waals surface area contributed by atoms with Crippen LogP contribution in [0.1, 0.15) is 94.9 Å². The normalized spacial score (nSPS) is 49.8. The van der Waals surface area contributed by atoms with Crippen LogP contribution in [-0.4, -0.2) is 167 Å². The van der Waals surface area contributed by atoms with E-state index in [4.69, 9.17) is 33.2 Å². The maximum absolute atomic E-state index is 14.3. The molecule has 314 valence electrons. The van der Waals surface area contributed by atoms with E-state index >= 15 is 0 Å². The fourth-order valence-electron chi connectivity index (χ4n) is 9.28. The van der Waals surface area contributed by atoms with Crippen LogP contribution in [0.25, 0.3) is 0 Å². The molecule has 0 aromatic heterocycles. The van der Waals surface area contributed by atoms with Gasteiger partial charge in [-0.2, -0.15) is 0 Å². The molecule has 0 amide bonds. The van der Waals surface area contributed by atoms with Crippen molar-refractivity contribution in [2.24, 2.45) is 22.7 Å². The second-order valence-electron chi connectivity index (χ2n) is 17.4. The molecule has 0 saturated carbocycles. The van der Waals surface area contributed by atoms with Gasteiger partial charge >= 0.3 is 5.97 Å². The van der Waals surface area contributed by atoms with Crippen LogP contribution in [0.5, 0.6) is 0 Å². The molecular weight excluding hydrogens is 702 g/mol. The zero-order valence-corrected chi connectivity index (χ0v) is 35.1. The van der Waals surface area contributed by atoms with Crippen LogP contribution in [-0.2, 0) is 38.0 Å². The highest BCUT2D eigenvalue weighted by Crippen LogP contribution is 2.41. The quantitative estimate of drug-likeness (QED) is 0.289. The van der Waals surface area contributed by atoms with Gasteiger partial charge < -0.3 is 63.4 Å². The van der Waals surface area contributed by atoms with Crippen LogP contribution in [0.4, 0.5) is 0 Å². The number of amidine groups is 1. The Morgan fingerprint density at radius 1 is 0.944 bits per heavy atom. The molecule has 15 heteroatoms. The molecular formula is C39H71N3O12. The van der Waals surface area contributed by atoms with Crippen LogP contribution in [0.3, 0.4) is 0 Å². The molecule has 4 saturated heterocycles. The maximum Gasteiger partial charge on any atom is 0.311 e. The number of rotatable bonds is 6. The zero-order chi connectivity index (χ0) is 40.7. The van der Waals surface area contributed by atoms with E-state index in [1.807, 2.05) is 51.6 Å². The summed E-state index contributed by atoms with van der Waals surface area (Å²) in [5.74, 6) is -2.49. The Labute approximate surface area is 322 Å². The van der Waals surface area contributed by atoms with Crippen molar-refractivity contribution in [3.05, 3.63) is 0 Å². The molecule has 0 bridgehead atoms. The number of aliphatic imine (C=N–C) groups is 1. The van der Waals surface area contributed by atoms with Crippen LogP contribution in [0, 0.1) is 17.8 Å². The second kappa shape index (κ2) is 17.5. The molecule has 15 nitrogen and oxygen atoms in total. The van der Waals surface area contributed by atoms with Crippen LogP contribution in [0.2, 0.25) is 0 Å². The lowest BCUT2D eigenvalue weighted by Crippen LogP contribution is -2.60. The van der Waals surface area contributed by atoms with E-state index < -0.39 is 96.0 Å². The van der Waals surface area contributed by atoms with Gasteiger partial charge in [-0.25, -0.2) is 4.99 Å². The predicted octanol–water partition coefficient (Wildman–Crippen LogP) is 2.29. The highest BCUT2D eigenvalue weighted by atomic mass is 16.7. The first kappa shape index (κ1) is 45.0. The molecule has 0 aromatic rings. The second-order valence-corrected chi connectivity index (χ2v) is 17.4. The Kier molecular flexibility index (Phi) is 14.6. The van der Waals surface area contributed by atoms with Crippen molar-refractivity contribution >= 4 is 12.0 Å². The Morgan fingerprint density at radius 3 is 2.19 bits per heavy atom. The largest absolute Gasteiger partial charge is 0.459 e. The van der Waals surface area contributed by atoms with Crippen molar-refractivity contribution < 1.29 is 58.4 Å². The minimum Gasteiger partial charge on any atom is -0.459 e. The average Bonchev–Trinajstić information content (AvgIpc) is 3.43. The Hall–Kier alpha value is -1.66. The van der Waals surface area contributed by atoms with E-state index in [1.54, 1.807) is 41.7 Å². The molecule has 4 heterocycles. The average molecular weight is 774 g/mol. The standard InChI is InChI=1S/C39H71N3O12/c1-15-27-39(10,47)31(43)24(6)41(12)19-20(2)17-37(8,46)33(54-35-30-26(16-21(3)49-35)42(13)36(40-11)53-30)22(4)29(23(5)34(45)51-27)52-28-18-38(9,48-14)32(44)25(7)50-28/h20-33,35,43-44,46-47H,15-19H2,1-14H3/t20-,21-,22+,23-,24-,25+,26+,27-,28+,29+,30-,31-,32+,33-,35+,37-,38-,39-/m1/s1. The summed E-state index contributed by atoms with van der Waals surface area (Å²) in [6, 6.07) is -0.145. The van der Waals surface area contributed by atoms with Gasteiger partial charge in [-0.1, -0.05) is 20.8 Å². The molecule has 0 unspecified atom stereocenters. The number of fused-ring (bicyclic) bond motifs is 1. The van der Waals surface area contributed by atoms with Gasteiger partial charge in [0.1, 0.15) is 23.9 Å². The highest BCUT2D eigenvalue weighted by molar-refractivity contribution is 5.76. The van der Waals surface area contributed by atoms with Crippen molar-refractivity contribution in [3.8, 4) is 0 Å². The van der Waals surface area contributed by atoms with Gasteiger partial charge in [0.15, 0.2) is 18.7 Å². The summed E-state index contributed by atoms with van der Waals surface area (Å²) in [5, 5.41) is 46.9. The van der Waals surface area contributed by atoms with Crippen molar-refractivity contribution in [2.45, 2.75) is 185 Å². The third kappa shape index (κ3) is 9.21. The fourth-order valence-corrected chi connectivity index (χ4v) is 9.28. The van der Waals surface area contributed by atoms with Gasteiger partial charge in [-0.15, -0.1) is 0 Å². The molecule has 0 spiro atoms. The molecule has 4 fully saturated rings. The number of ether oxygens (including phenoxy) is 7. The number of esters is 1. The fraction of sp³-hybridized carbons (Fsp3) is 0.949. The number of nitrogens with zero attached hydrogens (tertiary/aromatic N) is 3. The molecule has 4 aliphatic rings. The molecule has 0 aliphatic carbocycles. The number of cyclic esters (lactones) is 1. The van der Waals surface area contributed by atoms with Crippen molar-refractivity contribution in [1.29, 1.82) is 0 Å². The molecule has 4 aliphatic heterocycles. The first-order chi connectivity index (χ1) is 25.0. The number of carbonyl (C=O) groups is 1. The van der Waals surface area contributed by atoms with Gasteiger partial charge in [-0.05, 0) is 80.7 Å². The lowest BCUT2D eigenvalue weighted by Gasteiger charge is -2.48. The Morgan fingerprint density at radius 2 is 1.59 bits per heavy atom. The van der Waals surface area contributed by atoms with Gasteiger partial charge in [0, 0.05) is 46.1 Å². The number of aliphatic hydroxyl groups excluding tert-OH is 2. The third-order valence-electron chi connectivity index (χ3n) is 12.8. The van der Waals surface area contributed by atoms with E-state index in [2.05, 4.69) is 4.99 Å². The minimum atomic E-state index is -1.79. The molecule has 4 rings (SSSR count). The molecule has 4 N–H and O–H groups in total. The highest BCUT2D eigenvalue weighted by Gasteiger charge is 2.54. The summed E-state index contributed by atoms with van der Waals surface area (Å²) in [4.78, 5) is 22.5. The summed E-state index contributed by atoms with van der Waals surface area (Å²) in [6.07, 6.45) is -7.15. The van der Waals surface area contributed by atoms with Crippen molar-refractivity contribution in [1.82, 2.24) is 9.80 Å². The maximum atomic E-state index is 14.3. The van der Waals surface area contributed by atoms with E-state index in [9.17, 15) is 25.2 Å². The number of methoxy groups -OCH3 is 1. The van der Waals surface area contributed by atoms with Crippen molar-refractivity contribution in [3.63, 3.8) is 0 Å². The molecule has 18 atom stereocenters. The van der Waals surface area contributed by atoms with E-state index in [0.29, 0.717) is 19.0 Å². The summed E-state index contributed by atoms with van der Waals surface area (Å²) in [6.45, 7) is 18.3. The minimum absolute atomic E-state index is 0.0876. The first-order valence-corrected chi connectivity index (χ1v) is 19.8. The predicted molar refractivity (Wildman–Crippen MR) is 200 cm³/mol. The Bertz CT molecular complexity index is 1290. The summed E-state index contributed by atoms with van der Waals surface area (Å²) in [5.41, 5.74) is -4.32. The number of hydrogen-bond donors (Lipinski definition) is 4. The van der Waals surface area contributed by atoms with Gasteiger partial charge in [0.05, 0.1) is 47.6 Å². The van der Waals surface area contributed by atoms with Crippen LogP contribution >= 0.6 is 0 Å². The summed E-state index contributed by atoms with van der Waals surface area (Å²) < 4.78 is 44.5. The number of hydrogen-bond acceptors (Lipinski definition) is 14. The number of carbonyl (C=O) groups excluding carboxylic acids is 1. The summed E-state index contributed by atoms with van der Waals surface area (Å²) in [7, 11) is 6.97. The van der Waals surface area contributed by atoms with Gasteiger partial charge in [0.2, 0.25) is 0 Å². The van der Waals surface area contributed by atoms with E-state index in [-0.39, 0.29) is 37.3 Å². The molecule has 0 radical (unpaired) electrons. The lowest BCUT2D eigenvalue weighted by molar-refractivity contribution is -0.313. The van der Waals surface area contributed by atoms with Gasteiger partial charge in [-0.3, -0.25) is 4.79 Å². The zero-order valence-electron chi connectivity index (χ0n) is 35.1. The number of aliphatic hydroxyl groups is 4. The summed E-state index contributed by atoms with van der Waals surface area (Å²) >= 11 is 0. The first-order valence-electron chi connectivity index (χ1n) is 19.8. The SMILES string of the molecule is CC[C@H]1OC(=O)[C@H](C)[C@@H](O[C@H]2C[C@@](C)(OC)[C@@H](O)[C@H](C)O2)[C@H](C)[C@@H](O[C@@H]2O[C@H](C)C[C@H]3[C@H]2OC(=NC)N3C)[C@](C)(O)C[C@@H](C)CN(C)[C@H](C)[C@@H](O)[C@]1(C)O. The van der Waals surface area contributed by atoms with Crippen LogP contribution in [0.15, 0.2) is 4.99 Å². The van der Waals surface area contributed by atoms with E-state index in [1.165, 1.54) is 14.0 Å². The topological polar surface area (TPSA) is 181 Å². The Balaban J connectivity index is 1.83. The monoisotopic (exact) mass is 774 g/mol. The van der Waals surface area contributed by atoms with E-state index in [0.717, 1.165) is 0 Å². The smallest absolute Gasteiger partial charge is 0.311 e.